The van der Waals surface area contributed by atoms with Crippen molar-refractivity contribution in [3.8, 4) is 5.75 Å². The zero-order valence-corrected chi connectivity index (χ0v) is 15.8. The highest BCUT2D eigenvalue weighted by Gasteiger charge is 2.24. The van der Waals surface area contributed by atoms with Crippen molar-refractivity contribution < 1.29 is 9.84 Å². The fourth-order valence-corrected chi connectivity index (χ4v) is 3.03. The Morgan fingerprint density at radius 1 is 1.24 bits per heavy atom. The highest BCUT2D eigenvalue weighted by atomic mass is 32.1. The van der Waals surface area contributed by atoms with Crippen LogP contribution in [0.1, 0.15) is 25.6 Å². The molecule has 6 heteroatoms. The molecule has 136 valence electrons. The van der Waals surface area contributed by atoms with E-state index in [1.165, 1.54) is 11.3 Å². The maximum Gasteiger partial charge on any atom is 0.191 e. The summed E-state index contributed by atoms with van der Waals surface area (Å²) in [7, 11) is 0. The quantitative estimate of drug-likeness (QED) is 0.500. The summed E-state index contributed by atoms with van der Waals surface area (Å²) in [6.07, 6.45) is -0.0101. The summed E-state index contributed by atoms with van der Waals surface area (Å²) >= 11 is 1.53. The Morgan fingerprint density at radius 3 is 2.64 bits per heavy atom. The van der Waals surface area contributed by atoms with Gasteiger partial charge in [0.05, 0.1) is 13.1 Å². The Hall–Kier alpha value is -2.05. The van der Waals surface area contributed by atoms with Crippen molar-refractivity contribution in [2.24, 2.45) is 4.99 Å². The summed E-state index contributed by atoms with van der Waals surface area (Å²) in [6, 6.07) is 13.6. The molecule has 2 rings (SSSR count). The molecule has 3 N–H and O–H groups in total. The Bertz CT molecular complexity index is 642. The number of nitrogens with zero attached hydrogens (tertiary/aromatic N) is 1. The summed E-state index contributed by atoms with van der Waals surface area (Å²) < 4.78 is 5.85. The summed E-state index contributed by atoms with van der Waals surface area (Å²) in [5.41, 5.74) is -0.970. The molecular formula is C19H27N3O2S. The molecule has 2 atom stereocenters. The van der Waals surface area contributed by atoms with Crippen molar-refractivity contribution in [3.63, 3.8) is 0 Å². The second kappa shape index (κ2) is 9.44. The van der Waals surface area contributed by atoms with Crippen LogP contribution in [0.15, 0.2) is 52.8 Å². The summed E-state index contributed by atoms with van der Waals surface area (Å²) in [5.74, 6) is 1.52. The SMILES string of the molecule is CCNC(=NCC(C)(O)c1cccs1)NCC(C)Oc1ccccc1. The van der Waals surface area contributed by atoms with E-state index in [4.69, 9.17) is 4.74 Å². The standard InChI is InChI=1S/C19H27N3O2S/c1-4-20-18(22-14-19(3,23)17-11-8-12-25-17)21-13-15(2)24-16-9-6-5-7-10-16/h5-12,15,23H,4,13-14H2,1-3H3,(H2,20,21,22). The third kappa shape index (κ3) is 6.40. The largest absolute Gasteiger partial charge is 0.489 e. The molecule has 0 saturated heterocycles. The first-order valence-corrected chi connectivity index (χ1v) is 9.39. The van der Waals surface area contributed by atoms with E-state index in [-0.39, 0.29) is 12.6 Å². The van der Waals surface area contributed by atoms with E-state index in [9.17, 15) is 5.11 Å². The van der Waals surface area contributed by atoms with Gasteiger partial charge in [-0.2, -0.15) is 0 Å². The lowest BCUT2D eigenvalue weighted by Gasteiger charge is -2.21. The van der Waals surface area contributed by atoms with E-state index in [0.29, 0.717) is 12.5 Å². The molecule has 5 nitrogen and oxygen atoms in total. The second-order valence-electron chi connectivity index (χ2n) is 6.07. The van der Waals surface area contributed by atoms with E-state index < -0.39 is 5.60 Å². The number of para-hydroxylation sites is 1. The van der Waals surface area contributed by atoms with E-state index in [1.54, 1.807) is 6.92 Å². The number of benzene rings is 1. The number of hydrogen-bond donors (Lipinski definition) is 3. The molecule has 2 aromatic rings. The monoisotopic (exact) mass is 361 g/mol. The Balaban J connectivity index is 1.89. The first-order chi connectivity index (χ1) is 12.0. The number of aliphatic hydroxyl groups is 1. The zero-order chi connectivity index (χ0) is 18.1. The van der Waals surface area contributed by atoms with Crippen LogP contribution in [0.5, 0.6) is 5.75 Å². The highest BCUT2D eigenvalue weighted by Crippen LogP contribution is 2.25. The molecule has 1 aromatic carbocycles. The van der Waals surface area contributed by atoms with E-state index >= 15 is 0 Å². The van der Waals surface area contributed by atoms with Gasteiger partial charge < -0.3 is 20.5 Å². The molecule has 0 fully saturated rings. The zero-order valence-electron chi connectivity index (χ0n) is 15.0. The van der Waals surface area contributed by atoms with Crippen LogP contribution in [0.25, 0.3) is 0 Å². The molecule has 0 amide bonds. The first kappa shape index (κ1) is 19.3. The minimum Gasteiger partial charge on any atom is -0.489 e. The van der Waals surface area contributed by atoms with Crippen molar-refractivity contribution in [1.82, 2.24) is 10.6 Å². The molecular weight excluding hydrogens is 334 g/mol. The van der Waals surface area contributed by atoms with E-state index in [0.717, 1.165) is 17.2 Å². The number of hydrogen-bond acceptors (Lipinski definition) is 4. The van der Waals surface area contributed by atoms with Gasteiger partial charge >= 0.3 is 0 Å². The Morgan fingerprint density at radius 2 is 2.00 bits per heavy atom. The first-order valence-electron chi connectivity index (χ1n) is 8.51. The van der Waals surface area contributed by atoms with Gasteiger partial charge in [-0.25, -0.2) is 4.99 Å². The van der Waals surface area contributed by atoms with Gasteiger partial charge in [-0.1, -0.05) is 24.3 Å². The molecule has 0 aliphatic heterocycles. The fourth-order valence-electron chi connectivity index (χ4n) is 2.25. The Labute approximate surface area is 153 Å². The Kier molecular flexibility index (Phi) is 7.28. The van der Waals surface area contributed by atoms with Gasteiger partial charge in [0.1, 0.15) is 17.5 Å². The van der Waals surface area contributed by atoms with Crippen LogP contribution in [0.2, 0.25) is 0 Å². The predicted molar refractivity (Wildman–Crippen MR) is 104 cm³/mol. The minimum absolute atomic E-state index is 0.0101. The molecule has 25 heavy (non-hydrogen) atoms. The molecule has 2 unspecified atom stereocenters. The lowest BCUT2D eigenvalue weighted by Crippen LogP contribution is -2.42. The molecule has 0 aliphatic carbocycles. The van der Waals surface area contributed by atoms with Crippen LogP contribution < -0.4 is 15.4 Å². The topological polar surface area (TPSA) is 65.9 Å². The molecule has 1 heterocycles. The maximum atomic E-state index is 10.6. The summed E-state index contributed by atoms with van der Waals surface area (Å²) in [5, 5.41) is 19.0. The molecule has 1 aromatic heterocycles. The van der Waals surface area contributed by atoms with Gasteiger partial charge in [0.25, 0.3) is 0 Å². The summed E-state index contributed by atoms with van der Waals surface area (Å²) in [6.45, 7) is 7.45. The third-order valence-corrected chi connectivity index (χ3v) is 4.70. The van der Waals surface area contributed by atoms with Gasteiger partial charge in [-0.15, -0.1) is 11.3 Å². The van der Waals surface area contributed by atoms with Crippen LogP contribution in [-0.4, -0.2) is 36.8 Å². The fraction of sp³-hybridized carbons (Fsp3) is 0.421. The maximum absolute atomic E-state index is 10.6. The third-order valence-electron chi connectivity index (χ3n) is 3.58. The number of rotatable bonds is 8. The average molecular weight is 362 g/mol. The predicted octanol–water partition coefficient (Wildman–Crippen LogP) is 2.98. The van der Waals surface area contributed by atoms with Crippen LogP contribution in [0, 0.1) is 0 Å². The molecule has 0 saturated carbocycles. The number of guanidine groups is 1. The number of nitrogens with one attached hydrogen (secondary N) is 2. The average Bonchev–Trinajstić information content (AvgIpc) is 3.14. The highest BCUT2D eigenvalue weighted by molar-refractivity contribution is 7.10. The van der Waals surface area contributed by atoms with Gasteiger partial charge in [-0.3, -0.25) is 0 Å². The molecule has 0 radical (unpaired) electrons. The van der Waals surface area contributed by atoms with Crippen LogP contribution in [-0.2, 0) is 5.60 Å². The van der Waals surface area contributed by atoms with Gasteiger partial charge in [0.15, 0.2) is 5.96 Å². The van der Waals surface area contributed by atoms with Crippen molar-refractivity contribution >= 4 is 17.3 Å². The number of thiophene rings is 1. The van der Waals surface area contributed by atoms with Gasteiger partial charge in [-0.05, 0) is 44.4 Å². The lowest BCUT2D eigenvalue weighted by atomic mass is 10.1. The molecule has 0 spiro atoms. The van der Waals surface area contributed by atoms with Gasteiger partial charge in [0.2, 0.25) is 0 Å². The smallest absolute Gasteiger partial charge is 0.191 e. The van der Waals surface area contributed by atoms with Crippen molar-refractivity contribution in [2.45, 2.75) is 32.5 Å². The number of ether oxygens (including phenoxy) is 1. The lowest BCUT2D eigenvalue weighted by molar-refractivity contribution is 0.0711. The van der Waals surface area contributed by atoms with Crippen molar-refractivity contribution in [1.29, 1.82) is 0 Å². The summed E-state index contributed by atoms with van der Waals surface area (Å²) in [4.78, 5) is 5.43. The second-order valence-corrected chi connectivity index (χ2v) is 7.02. The minimum atomic E-state index is -0.970. The van der Waals surface area contributed by atoms with Gasteiger partial charge in [0, 0.05) is 11.4 Å². The molecule has 0 aliphatic rings. The van der Waals surface area contributed by atoms with E-state index in [2.05, 4.69) is 15.6 Å². The van der Waals surface area contributed by atoms with Crippen LogP contribution in [0.3, 0.4) is 0 Å². The van der Waals surface area contributed by atoms with Crippen LogP contribution >= 0.6 is 11.3 Å². The number of aliphatic imine (C=N–C) groups is 1. The van der Waals surface area contributed by atoms with E-state index in [1.807, 2.05) is 61.7 Å². The molecule has 0 bridgehead atoms. The van der Waals surface area contributed by atoms with Crippen LogP contribution in [0.4, 0.5) is 0 Å². The van der Waals surface area contributed by atoms with Crippen molar-refractivity contribution in [3.05, 3.63) is 52.7 Å². The normalized spacial score (nSPS) is 15.3. The van der Waals surface area contributed by atoms with Crippen molar-refractivity contribution in [2.75, 3.05) is 19.6 Å².